The Labute approximate surface area is 144 Å². The monoisotopic (exact) mass is 332 g/mol. The molecule has 5 nitrogen and oxygen atoms in total. The highest BCUT2D eigenvalue weighted by molar-refractivity contribution is 5.83. The fourth-order valence-electron chi connectivity index (χ4n) is 3.60. The number of benzene rings is 1. The third-order valence-corrected chi connectivity index (χ3v) is 4.95. The molecule has 132 valence electrons. The molecule has 1 N–H and O–H groups in total. The van der Waals surface area contributed by atoms with Crippen LogP contribution in [0.2, 0.25) is 0 Å². The molecule has 2 atom stereocenters. The number of methoxy groups -OCH3 is 1. The average molecular weight is 332 g/mol. The summed E-state index contributed by atoms with van der Waals surface area (Å²) in [6.07, 6.45) is 0.953. The molecule has 1 heterocycles. The van der Waals surface area contributed by atoms with Crippen molar-refractivity contribution in [2.24, 2.45) is 5.92 Å². The van der Waals surface area contributed by atoms with Gasteiger partial charge in [-0.25, -0.2) is 0 Å². The Balaban J connectivity index is 1.50. The highest BCUT2D eigenvalue weighted by Gasteiger charge is 2.46. The van der Waals surface area contributed by atoms with E-state index >= 15 is 0 Å². The summed E-state index contributed by atoms with van der Waals surface area (Å²) >= 11 is 0. The zero-order chi connectivity index (χ0) is 17.3. The first-order chi connectivity index (χ1) is 11.4. The maximum atomic E-state index is 12.7. The minimum Gasteiger partial charge on any atom is -0.497 e. The Bertz CT molecular complexity index is 571. The van der Waals surface area contributed by atoms with Crippen molar-refractivity contribution >= 4 is 5.91 Å². The van der Waals surface area contributed by atoms with Crippen molar-refractivity contribution in [3.63, 3.8) is 0 Å². The number of hydrogen-bond acceptors (Lipinski definition) is 4. The van der Waals surface area contributed by atoms with E-state index < -0.39 is 5.60 Å². The summed E-state index contributed by atoms with van der Waals surface area (Å²) in [5.41, 5.74) is 0.553. The molecule has 24 heavy (non-hydrogen) atoms. The van der Waals surface area contributed by atoms with Crippen LogP contribution in [-0.2, 0) is 4.79 Å². The second-order valence-corrected chi connectivity index (χ2v) is 7.64. The van der Waals surface area contributed by atoms with Gasteiger partial charge in [-0.1, -0.05) is 12.1 Å². The lowest BCUT2D eigenvalue weighted by molar-refractivity contribution is -0.134. The second kappa shape index (κ2) is 6.73. The summed E-state index contributed by atoms with van der Waals surface area (Å²) in [5, 5.41) is 9.91. The van der Waals surface area contributed by atoms with E-state index in [4.69, 9.17) is 4.74 Å². The van der Waals surface area contributed by atoms with Gasteiger partial charge in [-0.05, 0) is 43.9 Å². The van der Waals surface area contributed by atoms with Crippen LogP contribution in [0.3, 0.4) is 0 Å². The van der Waals surface area contributed by atoms with Crippen molar-refractivity contribution in [1.82, 2.24) is 9.80 Å². The number of piperazine rings is 1. The van der Waals surface area contributed by atoms with Gasteiger partial charge in [0.2, 0.25) is 5.91 Å². The molecule has 1 aromatic rings. The zero-order valence-electron chi connectivity index (χ0n) is 14.9. The van der Waals surface area contributed by atoms with Gasteiger partial charge in [-0.2, -0.15) is 0 Å². The lowest BCUT2D eigenvalue weighted by Gasteiger charge is -2.37. The molecule has 1 aliphatic heterocycles. The van der Waals surface area contributed by atoms with Crippen LogP contribution in [0.4, 0.5) is 0 Å². The van der Waals surface area contributed by atoms with Gasteiger partial charge in [-0.3, -0.25) is 9.69 Å². The molecule has 0 unspecified atom stereocenters. The molecule has 0 radical (unpaired) electrons. The molecule has 3 rings (SSSR count). The number of β-amino-alcohol motifs (C(OH)–C–C–N with tert-alkyl or cyclic N) is 1. The topological polar surface area (TPSA) is 53.0 Å². The summed E-state index contributed by atoms with van der Waals surface area (Å²) in [4.78, 5) is 16.9. The smallest absolute Gasteiger partial charge is 0.226 e. The van der Waals surface area contributed by atoms with E-state index in [0.717, 1.165) is 38.3 Å². The predicted molar refractivity (Wildman–Crippen MR) is 93.2 cm³/mol. The third-order valence-electron chi connectivity index (χ3n) is 4.95. The average Bonchev–Trinajstić information content (AvgIpc) is 3.34. The standard InChI is InChI=1S/C19H28N2O3/c1-19(2,23)13-20-8-10-21(11-9-20)18(22)17-12-16(17)14-4-6-15(24-3)7-5-14/h4-7,16-17,23H,8-13H2,1-3H3/t16-,17-/m0/s1. The van der Waals surface area contributed by atoms with Gasteiger partial charge in [0.05, 0.1) is 12.7 Å². The Morgan fingerprint density at radius 1 is 1.21 bits per heavy atom. The number of nitrogens with zero attached hydrogens (tertiary/aromatic N) is 2. The van der Waals surface area contributed by atoms with E-state index in [1.165, 1.54) is 5.56 Å². The van der Waals surface area contributed by atoms with Crippen molar-refractivity contribution in [2.75, 3.05) is 39.8 Å². The number of ether oxygens (including phenoxy) is 1. The van der Waals surface area contributed by atoms with E-state index in [0.29, 0.717) is 18.4 Å². The fourth-order valence-corrected chi connectivity index (χ4v) is 3.60. The zero-order valence-corrected chi connectivity index (χ0v) is 14.9. The molecular formula is C19H28N2O3. The molecule has 1 saturated heterocycles. The Kier molecular flexibility index (Phi) is 4.83. The van der Waals surface area contributed by atoms with Gasteiger partial charge in [0.15, 0.2) is 0 Å². The van der Waals surface area contributed by atoms with E-state index in [1.54, 1.807) is 7.11 Å². The van der Waals surface area contributed by atoms with Gasteiger partial charge < -0.3 is 14.7 Å². The molecule has 1 aromatic carbocycles. The molecular weight excluding hydrogens is 304 g/mol. The largest absolute Gasteiger partial charge is 0.497 e. The molecule has 1 amide bonds. The predicted octanol–water partition coefficient (Wildman–Crippen LogP) is 1.71. The molecule has 0 bridgehead atoms. The normalized spacial score (nSPS) is 24.8. The van der Waals surface area contributed by atoms with Gasteiger partial charge in [0.1, 0.15) is 5.75 Å². The van der Waals surface area contributed by atoms with Crippen LogP contribution >= 0.6 is 0 Å². The van der Waals surface area contributed by atoms with Crippen molar-refractivity contribution in [3.05, 3.63) is 29.8 Å². The van der Waals surface area contributed by atoms with Crippen LogP contribution in [0, 0.1) is 5.92 Å². The molecule has 0 spiro atoms. The van der Waals surface area contributed by atoms with Gasteiger partial charge >= 0.3 is 0 Å². The van der Waals surface area contributed by atoms with E-state index in [2.05, 4.69) is 17.0 Å². The highest BCUT2D eigenvalue weighted by Crippen LogP contribution is 2.48. The first kappa shape index (κ1) is 17.2. The van der Waals surface area contributed by atoms with Crippen LogP contribution in [0.25, 0.3) is 0 Å². The number of amides is 1. The van der Waals surface area contributed by atoms with Crippen molar-refractivity contribution in [3.8, 4) is 5.75 Å². The molecule has 5 heteroatoms. The first-order valence-electron chi connectivity index (χ1n) is 8.75. The second-order valence-electron chi connectivity index (χ2n) is 7.64. The molecule has 2 fully saturated rings. The number of carbonyl (C=O) groups excluding carboxylic acids is 1. The Hall–Kier alpha value is -1.59. The summed E-state index contributed by atoms with van der Waals surface area (Å²) in [6.45, 7) is 7.53. The van der Waals surface area contributed by atoms with Crippen molar-refractivity contribution in [2.45, 2.75) is 31.8 Å². The fraction of sp³-hybridized carbons (Fsp3) is 0.632. The van der Waals surface area contributed by atoms with Crippen LogP contribution in [-0.4, -0.2) is 66.2 Å². The highest BCUT2D eigenvalue weighted by atomic mass is 16.5. The quantitative estimate of drug-likeness (QED) is 0.892. The first-order valence-corrected chi connectivity index (χ1v) is 8.75. The Morgan fingerprint density at radius 2 is 1.83 bits per heavy atom. The number of rotatable bonds is 5. The van der Waals surface area contributed by atoms with Gasteiger partial charge in [0.25, 0.3) is 0 Å². The van der Waals surface area contributed by atoms with Crippen LogP contribution in [0.5, 0.6) is 5.75 Å². The van der Waals surface area contributed by atoms with Crippen molar-refractivity contribution < 1.29 is 14.6 Å². The number of aliphatic hydroxyl groups is 1. The summed E-state index contributed by atoms with van der Waals surface area (Å²) in [5.74, 6) is 1.64. The van der Waals surface area contributed by atoms with Crippen LogP contribution in [0.15, 0.2) is 24.3 Å². The SMILES string of the molecule is COc1ccc([C@@H]2C[C@@H]2C(=O)N2CCN(CC(C)(C)O)CC2)cc1. The Morgan fingerprint density at radius 3 is 2.38 bits per heavy atom. The summed E-state index contributed by atoms with van der Waals surface area (Å²) < 4.78 is 5.19. The van der Waals surface area contributed by atoms with E-state index in [-0.39, 0.29) is 5.92 Å². The van der Waals surface area contributed by atoms with Crippen LogP contribution < -0.4 is 4.74 Å². The van der Waals surface area contributed by atoms with E-state index in [9.17, 15) is 9.90 Å². The summed E-state index contributed by atoms with van der Waals surface area (Å²) in [6, 6.07) is 8.06. The number of carbonyl (C=O) groups is 1. The minimum absolute atomic E-state index is 0.138. The lowest BCUT2D eigenvalue weighted by atomic mass is 10.1. The minimum atomic E-state index is -0.678. The van der Waals surface area contributed by atoms with E-state index in [1.807, 2.05) is 30.9 Å². The van der Waals surface area contributed by atoms with Crippen LogP contribution in [0.1, 0.15) is 31.7 Å². The van der Waals surface area contributed by atoms with Crippen molar-refractivity contribution in [1.29, 1.82) is 0 Å². The lowest BCUT2D eigenvalue weighted by Crippen LogP contribution is -2.52. The molecule has 1 saturated carbocycles. The molecule has 0 aromatic heterocycles. The number of hydrogen-bond donors (Lipinski definition) is 1. The molecule has 1 aliphatic carbocycles. The maximum absolute atomic E-state index is 12.7. The summed E-state index contributed by atoms with van der Waals surface area (Å²) in [7, 11) is 1.66. The third kappa shape index (κ3) is 4.08. The van der Waals surface area contributed by atoms with Gasteiger partial charge in [-0.15, -0.1) is 0 Å². The maximum Gasteiger partial charge on any atom is 0.226 e. The van der Waals surface area contributed by atoms with Gasteiger partial charge in [0, 0.05) is 38.6 Å². The molecule has 2 aliphatic rings.